The van der Waals surface area contributed by atoms with Crippen LogP contribution in [0.1, 0.15) is 0 Å². The largest absolute Gasteiger partial charge is 0.399 e. The molecule has 1 rings (SSSR count). The van der Waals surface area contributed by atoms with Crippen LogP contribution in [0.25, 0.3) is 0 Å². The Morgan fingerprint density at radius 1 is 0.800 bits per heavy atom. The fraction of sp³-hybridized carbons (Fsp3) is 0. The summed E-state index contributed by atoms with van der Waals surface area (Å²) in [5.74, 6) is 0. The molecule has 1 aliphatic carbocycles. The van der Waals surface area contributed by atoms with E-state index < -0.39 is 0 Å². The molecular weight excluding hydrogens is 124 g/mol. The van der Waals surface area contributed by atoms with Crippen LogP contribution in [0.2, 0.25) is 0 Å². The van der Waals surface area contributed by atoms with Gasteiger partial charge in [0.25, 0.3) is 0 Å². The molecule has 0 aromatic heterocycles. The third-order valence-corrected chi connectivity index (χ3v) is 1.16. The van der Waals surface area contributed by atoms with Crippen molar-refractivity contribution in [2.45, 2.75) is 0 Å². The van der Waals surface area contributed by atoms with Crippen LogP contribution >= 0.6 is 0 Å². The lowest BCUT2D eigenvalue weighted by molar-refractivity contribution is 1.36. The first-order chi connectivity index (χ1) is 4.79. The Labute approximate surface area is 60.2 Å². The van der Waals surface area contributed by atoms with Crippen molar-refractivity contribution in [3.05, 3.63) is 47.9 Å². The normalized spacial score (nSPS) is 34.0. The van der Waals surface area contributed by atoms with Gasteiger partial charge in [0.1, 0.15) is 0 Å². The quantitative estimate of drug-likeness (QED) is 0.514. The van der Waals surface area contributed by atoms with Gasteiger partial charge in [-0.25, -0.2) is 0 Å². The topological polar surface area (TPSA) is 52.0 Å². The molecular formula is C8H10N2. The molecule has 0 bridgehead atoms. The number of rotatable bonds is 0. The Kier molecular flexibility index (Phi) is 1.95. The van der Waals surface area contributed by atoms with E-state index in [1.54, 1.807) is 12.2 Å². The van der Waals surface area contributed by atoms with Crippen LogP contribution in [0.3, 0.4) is 0 Å². The van der Waals surface area contributed by atoms with Gasteiger partial charge in [-0.15, -0.1) is 0 Å². The van der Waals surface area contributed by atoms with E-state index in [-0.39, 0.29) is 0 Å². The maximum atomic E-state index is 5.51. The number of nitrogens with two attached hydrogens (primary N) is 2. The predicted molar refractivity (Wildman–Crippen MR) is 42.8 cm³/mol. The number of hydrogen-bond acceptors (Lipinski definition) is 2. The monoisotopic (exact) mass is 134 g/mol. The minimum absolute atomic E-state index is 0.715. The summed E-state index contributed by atoms with van der Waals surface area (Å²) in [7, 11) is 0. The van der Waals surface area contributed by atoms with Gasteiger partial charge in [-0.05, 0) is 24.3 Å². The van der Waals surface area contributed by atoms with Gasteiger partial charge < -0.3 is 11.5 Å². The Morgan fingerprint density at radius 3 is 1.60 bits per heavy atom. The standard InChI is InChI=1S/C8H10N2/c9-7-3-1-2-4-8(10)6-5-7/h1-6H,9-10H2/b2-1-,3-1?,4-2?,6-5-,7-3+,7-5?,8-4+,8-6?. The van der Waals surface area contributed by atoms with Crippen LogP contribution in [0.15, 0.2) is 47.9 Å². The second kappa shape index (κ2) is 2.92. The summed E-state index contributed by atoms with van der Waals surface area (Å²) in [6.07, 6.45) is 10.9. The highest BCUT2D eigenvalue weighted by Crippen LogP contribution is 1.97. The van der Waals surface area contributed by atoms with E-state index in [0.717, 1.165) is 0 Å². The Bertz CT molecular complexity index is 208. The Morgan fingerprint density at radius 2 is 1.20 bits per heavy atom. The average Bonchev–Trinajstić information content (AvgIpc) is 1.90. The predicted octanol–water partition coefficient (Wildman–Crippen LogP) is 0.798. The van der Waals surface area contributed by atoms with Crippen molar-refractivity contribution in [3.63, 3.8) is 0 Å². The summed E-state index contributed by atoms with van der Waals surface area (Å²) in [5.41, 5.74) is 12.4. The van der Waals surface area contributed by atoms with Gasteiger partial charge in [-0.3, -0.25) is 0 Å². The molecule has 2 nitrogen and oxygen atoms in total. The number of allylic oxidation sites excluding steroid dienone is 6. The second-order valence-corrected chi connectivity index (χ2v) is 2.05. The summed E-state index contributed by atoms with van der Waals surface area (Å²) in [4.78, 5) is 0. The smallest absolute Gasteiger partial charge is 0.0314 e. The molecule has 0 fully saturated rings. The zero-order chi connectivity index (χ0) is 7.40. The maximum absolute atomic E-state index is 5.51. The Balaban J connectivity index is 2.85. The highest BCUT2D eigenvalue weighted by molar-refractivity contribution is 5.32. The van der Waals surface area contributed by atoms with Gasteiger partial charge in [0.15, 0.2) is 0 Å². The van der Waals surface area contributed by atoms with Crippen molar-refractivity contribution < 1.29 is 0 Å². The molecule has 0 spiro atoms. The van der Waals surface area contributed by atoms with E-state index in [1.165, 1.54) is 0 Å². The highest BCUT2D eigenvalue weighted by Gasteiger charge is 1.84. The summed E-state index contributed by atoms with van der Waals surface area (Å²) in [6.45, 7) is 0. The zero-order valence-corrected chi connectivity index (χ0v) is 5.62. The lowest BCUT2D eigenvalue weighted by Gasteiger charge is -1.94. The lowest BCUT2D eigenvalue weighted by atomic mass is 10.2. The van der Waals surface area contributed by atoms with Crippen LogP contribution in [0.5, 0.6) is 0 Å². The summed E-state index contributed by atoms with van der Waals surface area (Å²) < 4.78 is 0. The molecule has 0 unspecified atom stereocenters. The van der Waals surface area contributed by atoms with E-state index in [1.807, 2.05) is 24.3 Å². The summed E-state index contributed by atoms with van der Waals surface area (Å²) in [5, 5.41) is 0. The highest BCUT2D eigenvalue weighted by atomic mass is 14.6. The second-order valence-electron chi connectivity index (χ2n) is 2.05. The summed E-state index contributed by atoms with van der Waals surface area (Å²) >= 11 is 0. The first-order valence-electron chi connectivity index (χ1n) is 3.07. The molecule has 0 saturated carbocycles. The Hall–Kier alpha value is -1.44. The van der Waals surface area contributed by atoms with E-state index in [2.05, 4.69) is 0 Å². The van der Waals surface area contributed by atoms with Gasteiger partial charge in [0.2, 0.25) is 0 Å². The molecule has 4 N–H and O–H groups in total. The molecule has 1 aliphatic rings. The molecule has 52 valence electrons. The fourth-order valence-corrected chi connectivity index (χ4v) is 0.637. The van der Waals surface area contributed by atoms with Crippen LogP contribution in [0, 0.1) is 0 Å². The third kappa shape index (κ3) is 1.82. The van der Waals surface area contributed by atoms with Crippen molar-refractivity contribution in [2.75, 3.05) is 0 Å². The first-order valence-corrected chi connectivity index (χ1v) is 3.07. The van der Waals surface area contributed by atoms with Crippen molar-refractivity contribution >= 4 is 0 Å². The molecule has 0 aromatic rings. The van der Waals surface area contributed by atoms with E-state index in [0.29, 0.717) is 11.4 Å². The fourth-order valence-electron chi connectivity index (χ4n) is 0.637. The van der Waals surface area contributed by atoms with E-state index >= 15 is 0 Å². The zero-order valence-electron chi connectivity index (χ0n) is 5.62. The van der Waals surface area contributed by atoms with Crippen molar-refractivity contribution in [2.24, 2.45) is 11.5 Å². The van der Waals surface area contributed by atoms with E-state index in [4.69, 9.17) is 11.5 Å². The van der Waals surface area contributed by atoms with Crippen LogP contribution in [-0.2, 0) is 0 Å². The molecule has 0 aromatic carbocycles. The third-order valence-electron chi connectivity index (χ3n) is 1.16. The van der Waals surface area contributed by atoms with Crippen molar-refractivity contribution in [3.8, 4) is 0 Å². The lowest BCUT2D eigenvalue weighted by Crippen LogP contribution is -1.96. The molecule has 0 radical (unpaired) electrons. The van der Waals surface area contributed by atoms with Gasteiger partial charge in [0.05, 0.1) is 0 Å². The SMILES string of the molecule is NC1=C/C=C\C=C(N)/C=C\1. The molecule has 0 saturated heterocycles. The maximum Gasteiger partial charge on any atom is 0.0314 e. The average molecular weight is 134 g/mol. The minimum Gasteiger partial charge on any atom is -0.399 e. The van der Waals surface area contributed by atoms with Crippen molar-refractivity contribution in [1.82, 2.24) is 0 Å². The van der Waals surface area contributed by atoms with Crippen LogP contribution in [0.4, 0.5) is 0 Å². The summed E-state index contributed by atoms with van der Waals surface area (Å²) in [6, 6.07) is 0. The van der Waals surface area contributed by atoms with Gasteiger partial charge in [-0.2, -0.15) is 0 Å². The van der Waals surface area contributed by atoms with Crippen LogP contribution in [-0.4, -0.2) is 0 Å². The van der Waals surface area contributed by atoms with Gasteiger partial charge in [-0.1, -0.05) is 12.2 Å². The minimum atomic E-state index is 0.715. The van der Waals surface area contributed by atoms with Gasteiger partial charge in [0, 0.05) is 11.4 Å². The molecule has 0 amide bonds. The first kappa shape index (κ1) is 6.68. The molecule has 10 heavy (non-hydrogen) atoms. The van der Waals surface area contributed by atoms with Crippen molar-refractivity contribution in [1.29, 1.82) is 0 Å². The molecule has 0 atom stereocenters. The van der Waals surface area contributed by atoms with E-state index in [9.17, 15) is 0 Å². The van der Waals surface area contributed by atoms with Crippen LogP contribution < -0.4 is 11.5 Å². The molecule has 0 aliphatic heterocycles. The molecule has 0 heterocycles. The molecule has 2 heteroatoms. The van der Waals surface area contributed by atoms with Gasteiger partial charge >= 0.3 is 0 Å². The number of hydrogen-bond donors (Lipinski definition) is 2.